The van der Waals surface area contributed by atoms with Crippen LogP contribution in [-0.4, -0.2) is 32.6 Å². The van der Waals surface area contributed by atoms with E-state index in [1.54, 1.807) is 13.8 Å². The first kappa shape index (κ1) is 16.4. The van der Waals surface area contributed by atoms with Crippen LogP contribution in [0.4, 0.5) is 4.39 Å². The summed E-state index contributed by atoms with van der Waals surface area (Å²) in [6.07, 6.45) is 0. The normalized spacial score (nSPS) is 13.2. The van der Waals surface area contributed by atoms with Crippen LogP contribution >= 0.6 is 0 Å². The molecule has 0 saturated carbocycles. The molecule has 0 aliphatic carbocycles. The number of aliphatic carboxylic acids is 1. The van der Waals surface area contributed by atoms with Gasteiger partial charge in [-0.3, -0.25) is 4.79 Å². The molecule has 0 bridgehead atoms. The highest BCUT2D eigenvalue weighted by molar-refractivity contribution is 7.89. The maximum absolute atomic E-state index is 13.2. The van der Waals surface area contributed by atoms with Gasteiger partial charge in [0.15, 0.2) is 11.6 Å². The Morgan fingerprint density at radius 1 is 1.40 bits per heavy atom. The molecule has 0 aromatic heterocycles. The zero-order chi connectivity index (χ0) is 15.5. The fourth-order valence-electron chi connectivity index (χ4n) is 1.51. The smallest absolute Gasteiger partial charge is 0.322 e. The van der Waals surface area contributed by atoms with E-state index in [0.29, 0.717) is 0 Å². The molecule has 0 aliphatic heterocycles. The third-order valence-electron chi connectivity index (χ3n) is 2.65. The first-order valence-electron chi connectivity index (χ1n) is 5.77. The zero-order valence-electron chi connectivity index (χ0n) is 11.3. The van der Waals surface area contributed by atoms with Gasteiger partial charge in [0, 0.05) is 6.07 Å². The Hall–Kier alpha value is -1.67. The molecule has 2 N–H and O–H groups in total. The SMILES string of the molecule is COc1cc(S(=O)(=O)N[C@@H](C(=O)O)C(C)C)ccc1F. The fraction of sp³-hybridized carbons (Fsp3) is 0.417. The van der Waals surface area contributed by atoms with Gasteiger partial charge in [-0.2, -0.15) is 4.72 Å². The van der Waals surface area contributed by atoms with E-state index in [1.807, 2.05) is 0 Å². The van der Waals surface area contributed by atoms with Crippen LogP contribution in [0.2, 0.25) is 0 Å². The van der Waals surface area contributed by atoms with E-state index < -0.39 is 33.8 Å². The summed E-state index contributed by atoms with van der Waals surface area (Å²) < 4.78 is 44.2. The quantitative estimate of drug-likeness (QED) is 0.824. The maximum atomic E-state index is 13.2. The maximum Gasteiger partial charge on any atom is 0.322 e. The molecule has 1 rings (SSSR count). The number of sulfonamides is 1. The van der Waals surface area contributed by atoms with Crippen molar-refractivity contribution in [2.24, 2.45) is 5.92 Å². The summed E-state index contributed by atoms with van der Waals surface area (Å²) in [6.45, 7) is 3.15. The number of nitrogens with one attached hydrogen (secondary N) is 1. The molecule has 20 heavy (non-hydrogen) atoms. The lowest BCUT2D eigenvalue weighted by atomic mass is 10.1. The van der Waals surface area contributed by atoms with Crippen LogP contribution in [0.15, 0.2) is 23.1 Å². The standard InChI is InChI=1S/C12H16FNO5S/c1-7(2)11(12(15)16)14-20(17,18)8-4-5-9(13)10(6-8)19-3/h4-7,11,14H,1-3H3,(H,15,16)/t11-/m1/s1. The second-order valence-corrected chi connectivity index (χ2v) is 6.19. The Kier molecular flexibility index (Phi) is 5.07. The largest absolute Gasteiger partial charge is 0.494 e. The summed E-state index contributed by atoms with van der Waals surface area (Å²) in [6, 6.07) is 1.71. The minimum atomic E-state index is -4.08. The lowest BCUT2D eigenvalue weighted by molar-refractivity contribution is -0.140. The third-order valence-corrected chi connectivity index (χ3v) is 4.09. The number of rotatable bonds is 6. The van der Waals surface area contributed by atoms with Crippen molar-refractivity contribution in [1.82, 2.24) is 4.72 Å². The molecule has 8 heteroatoms. The molecule has 6 nitrogen and oxygen atoms in total. The lowest BCUT2D eigenvalue weighted by Gasteiger charge is -2.18. The number of benzene rings is 1. The molecule has 0 fully saturated rings. The van der Waals surface area contributed by atoms with Gasteiger partial charge in [-0.15, -0.1) is 0 Å². The average molecular weight is 305 g/mol. The van der Waals surface area contributed by atoms with Crippen molar-refractivity contribution in [3.63, 3.8) is 0 Å². The molecule has 0 spiro atoms. The van der Waals surface area contributed by atoms with Crippen molar-refractivity contribution < 1.29 is 27.4 Å². The van der Waals surface area contributed by atoms with E-state index in [9.17, 15) is 17.6 Å². The Bertz CT molecular complexity index is 600. The lowest BCUT2D eigenvalue weighted by Crippen LogP contribution is -2.44. The van der Waals surface area contributed by atoms with Crippen molar-refractivity contribution in [1.29, 1.82) is 0 Å². The number of carboxylic acid groups (broad SMARTS) is 1. The molecular formula is C12H16FNO5S. The van der Waals surface area contributed by atoms with Gasteiger partial charge in [0.2, 0.25) is 10.0 Å². The number of carboxylic acids is 1. The predicted octanol–water partition coefficient (Wildman–Crippen LogP) is 1.22. The van der Waals surface area contributed by atoms with E-state index in [0.717, 1.165) is 18.2 Å². The molecule has 0 unspecified atom stereocenters. The number of methoxy groups -OCH3 is 1. The number of ether oxygens (including phenoxy) is 1. The van der Waals surface area contributed by atoms with Gasteiger partial charge in [-0.1, -0.05) is 13.8 Å². The van der Waals surface area contributed by atoms with E-state index in [4.69, 9.17) is 9.84 Å². The molecule has 0 saturated heterocycles. The molecule has 1 atom stereocenters. The summed E-state index contributed by atoms with van der Waals surface area (Å²) in [5.74, 6) is -2.66. The summed E-state index contributed by atoms with van der Waals surface area (Å²) in [5, 5.41) is 8.99. The van der Waals surface area contributed by atoms with Crippen molar-refractivity contribution in [2.45, 2.75) is 24.8 Å². The van der Waals surface area contributed by atoms with Gasteiger partial charge in [0.1, 0.15) is 6.04 Å². The second-order valence-electron chi connectivity index (χ2n) is 4.48. The molecular weight excluding hydrogens is 289 g/mol. The molecule has 0 heterocycles. The molecule has 0 aliphatic rings. The number of hydrogen-bond donors (Lipinski definition) is 2. The van der Waals surface area contributed by atoms with Gasteiger partial charge in [0.05, 0.1) is 12.0 Å². The number of carbonyl (C=O) groups is 1. The molecule has 0 radical (unpaired) electrons. The second kappa shape index (κ2) is 6.19. The Balaban J connectivity index is 3.14. The molecule has 112 valence electrons. The summed E-state index contributed by atoms with van der Waals surface area (Å²) in [4.78, 5) is 10.8. The average Bonchev–Trinajstić information content (AvgIpc) is 2.35. The Labute approximate surface area is 116 Å². The number of halogens is 1. The van der Waals surface area contributed by atoms with E-state index in [1.165, 1.54) is 7.11 Å². The van der Waals surface area contributed by atoms with Crippen LogP contribution in [0.25, 0.3) is 0 Å². The van der Waals surface area contributed by atoms with Crippen molar-refractivity contribution >= 4 is 16.0 Å². The topological polar surface area (TPSA) is 92.7 Å². The van der Waals surface area contributed by atoms with Crippen LogP contribution < -0.4 is 9.46 Å². The van der Waals surface area contributed by atoms with Gasteiger partial charge in [-0.05, 0) is 18.1 Å². The Morgan fingerprint density at radius 3 is 2.45 bits per heavy atom. The molecule has 1 aromatic carbocycles. The zero-order valence-corrected chi connectivity index (χ0v) is 12.1. The fourth-order valence-corrected chi connectivity index (χ4v) is 2.87. The van der Waals surface area contributed by atoms with Crippen molar-refractivity contribution in [2.75, 3.05) is 7.11 Å². The number of hydrogen-bond acceptors (Lipinski definition) is 4. The van der Waals surface area contributed by atoms with E-state index >= 15 is 0 Å². The van der Waals surface area contributed by atoms with Crippen LogP contribution in [0, 0.1) is 11.7 Å². The van der Waals surface area contributed by atoms with Gasteiger partial charge in [-0.25, -0.2) is 12.8 Å². The van der Waals surface area contributed by atoms with E-state index in [-0.39, 0.29) is 10.6 Å². The molecule has 1 aromatic rings. The Morgan fingerprint density at radius 2 is 2.00 bits per heavy atom. The monoisotopic (exact) mass is 305 g/mol. The van der Waals surface area contributed by atoms with Crippen LogP contribution in [0.3, 0.4) is 0 Å². The van der Waals surface area contributed by atoms with Gasteiger partial charge in [0.25, 0.3) is 0 Å². The van der Waals surface area contributed by atoms with Crippen molar-refractivity contribution in [3.8, 4) is 5.75 Å². The summed E-state index contributed by atoms with van der Waals surface area (Å²) in [5.41, 5.74) is 0. The summed E-state index contributed by atoms with van der Waals surface area (Å²) in [7, 11) is -2.87. The minimum Gasteiger partial charge on any atom is -0.494 e. The van der Waals surface area contributed by atoms with Crippen LogP contribution in [0.5, 0.6) is 5.75 Å². The van der Waals surface area contributed by atoms with E-state index in [2.05, 4.69) is 4.72 Å². The van der Waals surface area contributed by atoms with Gasteiger partial charge < -0.3 is 9.84 Å². The first-order valence-corrected chi connectivity index (χ1v) is 7.26. The third kappa shape index (κ3) is 3.67. The highest BCUT2D eigenvalue weighted by Gasteiger charge is 2.28. The van der Waals surface area contributed by atoms with Gasteiger partial charge >= 0.3 is 5.97 Å². The van der Waals surface area contributed by atoms with Crippen LogP contribution in [0.1, 0.15) is 13.8 Å². The minimum absolute atomic E-state index is 0.232. The molecule has 0 amide bonds. The first-order chi connectivity index (χ1) is 9.19. The predicted molar refractivity (Wildman–Crippen MR) is 69.5 cm³/mol. The summed E-state index contributed by atoms with van der Waals surface area (Å²) >= 11 is 0. The highest BCUT2D eigenvalue weighted by atomic mass is 32.2. The highest BCUT2D eigenvalue weighted by Crippen LogP contribution is 2.21. The van der Waals surface area contributed by atoms with Crippen LogP contribution in [-0.2, 0) is 14.8 Å². The van der Waals surface area contributed by atoms with Crippen molar-refractivity contribution in [3.05, 3.63) is 24.0 Å².